The minimum Gasteiger partial charge on any atom is -0.382 e. The summed E-state index contributed by atoms with van der Waals surface area (Å²) in [5, 5.41) is 6.33. The van der Waals surface area contributed by atoms with Crippen LogP contribution in [0.4, 0.5) is 32.2 Å². The smallest absolute Gasteiger partial charge is 0.382 e. The van der Waals surface area contributed by atoms with Crippen LogP contribution >= 0.6 is 0 Å². The molecular weight excluding hydrogens is 530 g/mol. The molecule has 2 atom stereocenters. The van der Waals surface area contributed by atoms with Gasteiger partial charge >= 0.3 is 6.18 Å². The average molecular weight is 554 g/mol. The van der Waals surface area contributed by atoms with E-state index >= 15 is 4.39 Å². The number of nitrogen functional groups attached to an aromatic ring is 1. The third-order valence-electron chi connectivity index (χ3n) is 7.28. The minimum absolute atomic E-state index is 0.0212. The first-order chi connectivity index (χ1) is 18.4. The van der Waals surface area contributed by atoms with E-state index in [1.54, 1.807) is 6.92 Å². The van der Waals surface area contributed by atoms with Crippen molar-refractivity contribution < 1.29 is 35.9 Å². The second-order valence-corrected chi connectivity index (χ2v) is 9.79. The molecule has 1 aromatic carbocycles. The molecule has 39 heavy (non-hydrogen) atoms. The summed E-state index contributed by atoms with van der Waals surface area (Å²) in [6, 6.07) is 1.83. The summed E-state index contributed by atoms with van der Waals surface area (Å²) in [7, 11) is 0. The molecule has 2 fully saturated rings. The lowest BCUT2D eigenvalue weighted by Crippen LogP contribution is -2.44. The normalized spacial score (nSPS) is 23.2. The Bertz CT molecular complexity index is 1450. The van der Waals surface area contributed by atoms with Crippen LogP contribution in [-0.4, -0.2) is 62.8 Å². The topological polar surface area (TPSA) is 106 Å². The van der Waals surface area contributed by atoms with Crippen molar-refractivity contribution in [3.8, 4) is 11.3 Å². The van der Waals surface area contributed by atoms with Crippen LogP contribution in [0, 0.1) is 11.7 Å². The van der Waals surface area contributed by atoms with E-state index in [0.29, 0.717) is 0 Å². The van der Waals surface area contributed by atoms with Gasteiger partial charge in [-0.05, 0) is 37.5 Å². The van der Waals surface area contributed by atoms with E-state index in [9.17, 15) is 31.5 Å². The molecule has 0 bridgehead atoms. The van der Waals surface area contributed by atoms with E-state index < -0.39 is 59.1 Å². The number of anilines is 1. The number of rotatable bonds is 5. The van der Waals surface area contributed by atoms with Crippen molar-refractivity contribution in [2.24, 2.45) is 5.92 Å². The van der Waals surface area contributed by atoms with E-state index in [1.807, 2.05) is 0 Å². The Labute approximate surface area is 218 Å². The van der Waals surface area contributed by atoms with Crippen molar-refractivity contribution >= 4 is 23.1 Å². The molecule has 2 amide bonds. The Kier molecular flexibility index (Phi) is 6.67. The Morgan fingerprint density at radius 3 is 2.51 bits per heavy atom. The van der Waals surface area contributed by atoms with Gasteiger partial charge in [0.25, 0.3) is 5.91 Å². The second-order valence-electron chi connectivity index (χ2n) is 9.79. The molecule has 2 aromatic heterocycles. The Balaban J connectivity index is 1.47. The van der Waals surface area contributed by atoms with E-state index in [4.69, 9.17) is 5.73 Å². The number of halogens is 6. The number of hydrogen-bond acceptors (Lipinski definition) is 5. The molecule has 1 saturated carbocycles. The van der Waals surface area contributed by atoms with Gasteiger partial charge in [0.15, 0.2) is 5.82 Å². The molecule has 3 heterocycles. The third kappa shape index (κ3) is 4.76. The van der Waals surface area contributed by atoms with E-state index in [2.05, 4.69) is 15.4 Å². The third-order valence-corrected chi connectivity index (χ3v) is 7.28. The monoisotopic (exact) mass is 554 g/mol. The number of carbonyl (C=O) groups excluding carboxylic acids is 2. The zero-order valence-electron chi connectivity index (χ0n) is 20.6. The maximum absolute atomic E-state index is 15.2. The number of amides is 2. The van der Waals surface area contributed by atoms with Crippen LogP contribution < -0.4 is 11.1 Å². The standard InChI is InChI=1S/C25H24F6N6O2/c1-2-14-15(23(38)35-19-9-36(8-18(19)28)24(39)12-3-13(26)4-12)5-11(6-17(14)27)20-7-16(25(29,30)31)21-22(32)33-10-34-37(20)21/h5-7,10,12-13,18-19H,2-4,8-9H2,1H3,(H,35,38)(H2,32,33,34)/t12?,13?,18-,19+/m0/s1. The molecule has 1 aliphatic heterocycles. The summed E-state index contributed by atoms with van der Waals surface area (Å²) in [5.74, 6) is -3.04. The van der Waals surface area contributed by atoms with Gasteiger partial charge in [-0.25, -0.2) is 22.7 Å². The largest absolute Gasteiger partial charge is 0.418 e. The number of carbonyl (C=O) groups is 2. The van der Waals surface area contributed by atoms with Crippen molar-refractivity contribution in [1.29, 1.82) is 0 Å². The van der Waals surface area contributed by atoms with E-state index in [0.717, 1.165) is 23.0 Å². The van der Waals surface area contributed by atoms with Gasteiger partial charge in [-0.1, -0.05) is 6.92 Å². The number of likely N-dealkylation sites (tertiary alicyclic amines) is 1. The van der Waals surface area contributed by atoms with Gasteiger partial charge in [0.2, 0.25) is 5.91 Å². The van der Waals surface area contributed by atoms with Crippen molar-refractivity contribution in [2.75, 3.05) is 18.8 Å². The van der Waals surface area contributed by atoms with Crippen LogP contribution in [0.3, 0.4) is 0 Å². The quantitative estimate of drug-likeness (QED) is 0.468. The fraction of sp³-hybridized carbons (Fsp3) is 0.440. The van der Waals surface area contributed by atoms with Crippen LogP contribution in [0.15, 0.2) is 24.5 Å². The van der Waals surface area contributed by atoms with Crippen LogP contribution in [-0.2, 0) is 17.4 Å². The molecule has 1 saturated heterocycles. The van der Waals surface area contributed by atoms with E-state index in [1.165, 1.54) is 11.0 Å². The molecule has 0 unspecified atom stereocenters. The van der Waals surface area contributed by atoms with Crippen molar-refractivity contribution in [3.05, 3.63) is 47.0 Å². The summed E-state index contributed by atoms with van der Waals surface area (Å²) in [6.07, 6.45) is -6.32. The SMILES string of the molecule is CCc1c(F)cc(-c2cc(C(F)(F)F)c3c(N)ncnn23)cc1C(=O)N[C@@H]1CN(C(=O)C2CC(F)C2)C[C@@H]1F. The highest BCUT2D eigenvalue weighted by Crippen LogP contribution is 2.39. The van der Waals surface area contributed by atoms with Crippen molar-refractivity contribution in [3.63, 3.8) is 0 Å². The van der Waals surface area contributed by atoms with Gasteiger partial charge in [-0.3, -0.25) is 9.59 Å². The molecule has 2 aliphatic rings. The molecule has 208 valence electrons. The molecule has 14 heteroatoms. The zero-order valence-corrected chi connectivity index (χ0v) is 20.6. The summed E-state index contributed by atoms with van der Waals surface area (Å²) < 4.78 is 85.2. The molecule has 3 N–H and O–H groups in total. The van der Waals surface area contributed by atoms with E-state index in [-0.39, 0.29) is 60.6 Å². The molecule has 8 nitrogen and oxygen atoms in total. The molecule has 0 radical (unpaired) electrons. The number of benzene rings is 1. The van der Waals surface area contributed by atoms with Crippen LogP contribution in [0.2, 0.25) is 0 Å². The number of hydrogen-bond donors (Lipinski definition) is 2. The first kappa shape index (κ1) is 26.8. The predicted molar refractivity (Wildman–Crippen MR) is 128 cm³/mol. The number of nitrogens with two attached hydrogens (primary N) is 1. The zero-order chi connectivity index (χ0) is 28.2. The van der Waals surface area contributed by atoms with Gasteiger partial charge in [0, 0.05) is 29.2 Å². The second kappa shape index (κ2) is 9.72. The number of fused-ring (bicyclic) bond motifs is 1. The number of aromatic nitrogens is 3. The lowest BCUT2D eigenvalue weighted by Gasteiger charge is -2.31. The number of nitrogens with one attached hydrogen (secondary N) is 1. The fourth-order valence-electron chi connectivity index (χ4n) is 5.17. The Morgan fingerprint density at radius 2 is 1.87 bits per heavy atom. The maximum Gasteiger partial charge on any atom is 0.418 e. The van der Waals surface area contributed by atoms with Gasteiger partial charge in [-0.15, -0.1) is 0 Å². The van der Waals surface area contributed by atoms with Gasteiger partial charge in [0.05, 0.1) is 23.8 Å². The van der Waals surface area contributed by atoms with Gasteiger partial charge in [0.1, 0.15) is 30.0 Å². The first-order valence-electron chi connectivity index (χ1n) is 12.3. The van der Waals surface area contributed by atoms with Gasteiger partial charge in [-0.2, -0.15) is 18.3 Å². The molecule has 5 rings (SSSR count). The Hall–Kier alpha value is -3.84. The number of alkyl halides is 5. The maximum atomic E-state index is 15.2. The lowest BCUT2D eigenvalue weighted by molar-refractivity contribution is -0.139. The van der Waals surface area contributed by atoms with Crippen LogP contribution in [0.1, 0.15) is 41.3 Å². The minimum atomic E-state index is -4.82. The molecule has 1 aliphatic carbocycles. The van der Waals surface area contributed by atoms with Crippen LogP contribution in [0.5, 0.6) is 0 Å². The summed E-state index contributed by atoms with van der Waals surface area (Å²) in [5.41, 5.74) is 3.52. The highest BCUT2D eigenvalue weighted by atomic mass is 19.4. The molecule has 3 aromatic rings. The average Bonchev–Trinajstić information content (AvgIpc) is 3.43. The number of nitrogens with zero attached hydrogens (tertiary/aromatic N) is 4. The van der Waals surface area contributed by atoms with Crippen LogP contribution in [0.25, 0.3) is 16.8 Å². The van der Waals surface area contributed by atoms with Crippen molar-refractivity contribution in [1.82, 2.24) is 24.8 Å². The van der Waals surface area contributed by atoms with Crippen molar-refractivity contribution in [2.45, 2.75) is 50.7 Å². The summed E-state index contributed by atoms with van der Waals surface area (Å²) in [6.45, 7) is 1.17. The lowest BCUT2D eigenvalue weighted by atomic mass is 9.82. The molecule has 0 spiro atoms. The predicted octanol–water partition coefficient (Wildman–Crippen LogP) is 3.73. The fourth-order valence-corrected chi connectivity index (χ4v) is 5.17. The summed E-state index contributed by atoms with van der Waals surface area (Å²) in [4.78, 5) is 30.6. The molecular formula is C25H24F6N6O2. The summed E-state index contributed by atoms with van der Waals surface area (Å²) >= 11 is 0. The van der Waals surface area contributed by atoms with Gasteiger partial charge < -0.3 is 16.0 Å². The Morgan fingerprint density at radius 1 is 1.15 bits per heavy atom. The highest BCUT2D eigenvalue weighted by Gasteiger charge is 2.43. The highest BCUT2D eigenvalue weighted by molar-refractivity contribution is 5.97. The first-order valence-corrected chi connectivity index (χ1v) is 12.3.